The monoisotopic (exact) mass is 290 g/mol. The van der Waals surface area contributed by atoms with Crippen LogP contribution in [-0.4, -0.2) is 4.92 Å². The Labute approximate surface area is 122 Å². The van der Waals surface area contributed by atoms with Gasteiger partial charge in [0.05, 0.1) is 4.92 Å². The zero-order valence-corrected chi connectivity index (χ0v) is 11.9. The number of anilines is 1. The highest BCUT2D eigenvalue weighted by atomic mass is 35.5. The fourth-order valence-electron chi connectivity index (χ4n) is 2.00. The predicted molar refractivity (Wildman–Crippen MR) is 81.3 cm³/mol. The van der Waals surface area contributed by atoms with E-state index in [2.05, 4.69) is 18.3 Å². The third-order valence-electron chi connectivity index (χ3n) is 3.11. The molecule has 0 unspecified atom stereocenters. The van der Waals surface area contributed by atoms with E-state index < -0.39 is 4.92 Å². The van der Waals surface area contributed by atoms with E-state index in [1.54, 1.807) is 6.07 Å². The van der Waals surface area contributed by atoms with Crippen LogP contribution >= 0.6 is 11.6 Å². The summed E-state index contributed by atoms with van der Waals surface area (Å²) >= 11 is 6.08. The minimum atomic E-state index is -0.417. The van der Waals surface area contributed by atoms with E-state index in [1.165, 1.54) is 17.7 Å². The van der Waals surface area contributed by atoms with Crippen molar-refractivity contribution in [3.8, 4) is 0 Å². The number of benzene rings is 2. The lowest BCUT2D eigenvalue weighted by molar-refractivity contribution is -0.384. The molecule has 0 heterocycles. The fourth-order valence-corrected chi connectivity index (χ4v) is 2.19. The highest BCUT2D eigenvalue weighted by molar-refractivity contribution is 6.31. The van der Waals surface area contributed by atoms with Gasteiger partial charge in [-0.15, -0.1) is 0 Å². The molecule has 4 nitrogen and oxygen atoms in total. The Morgan fingerprint density at radius 3 is 2.65 bits per heavy atom. The molecule has 2 aromatic rings. The van der Waals surface area contributed by atoms with Gasteiger partial charge < -0.3 is 5.32 Å². The zero-order valence-electron chi connectivity index (χ0n) is 11.1. The van der Waals surface area contributed by atoms with Gasteiger partial charge in [0, 0.05) is 29.4 Å². The van der Waals surface area contributed by atoms with Crippen LogP contribution in [-0.2, 0) is 13.0 Å². The summed E-state index contributed by atoms with van der Waals surface area (Å²) in [5, 5.41) is 14.6. The Bertz CT molecular complexity index is 629. The molecule has 0 atom stereocenters. The second kappa shape index (κ2) is 6.39. The van der Waals surface area contributed by atoms with Gasteiger partial charge in [-0.2, -0.15) is 0 Å². The number of halogens is 1. The largest absolute Gasteiger partial charge is 0.381 e. The summed E-state index contributed by atoms with van der Waals surface area (Å²) in [5.74, 6) is 0. The van der Waals surface area contributed by atoms with E-state index in [9.17, 15) is 10.1 Å². The number of para-hydroxylation sites is 1. The molecule has 20 heavy (non-hydrogen) atoms. The second-order valence-corrected chi connectivity index (χ2v) is 4.80. The molecule has 0 spiro atoms. The lowest BCUT2D eigenvalue weighted by atomic mass is 10.1. The van der Waals surface area contributed by atoms with Crippen LogP contribution in [0.25, 0.3) is 0 Å². The van der Waals surface area contributed by atoms with E-state index in [1.807, 2.05) is 18.2 Å². The number of nitro groups is 1. The number of non-ortho nitro benzene ring substituents is 1. The van der Waals surface area contributed by atoms with Gasteiger partial charge in [0.25, 0.3) is 5.69 Å². The van der Waals surface area contributed by atoms with E-state index in [4.69, 9.17) is 11.6 Å². The van der Waals surface area contributed by atoms with Crippen molar-refractivity contribution < 1.29 is 4.92 Å². The van der Waals surface area contributed by atoms with Crippen LogP contribution in [0.5, 0.6) is 0 Å². The smallest absolute Gasteiger partial charge is 0.269 e. The number of hydrogen-bond acceptors (Lipinski definition) is 3. The molecule has 0 fully saturated rings. The van der Waals surface area contributed by atoms with E-state index >= 15 is 0 Å². The minimum absolute atomic E-state index is 0.0509. The molecule has 0 saturated heterocycles. The standard InChI is InChI=1S/C15H15ClN2O2/c1-2-11-5-3-4-6-15(11)17-10-12-9-13(18(19)20)7-8-14(12)16/h3-9,17H,2,10H2,1H3. The lowest BCUT2D eigenvalue weighted by Gasteiger charge is -2.11. The van der Waals surface area contributed by atoms with Gasteiger partial charge >= 0.3 is 0 Å². The van der Waals surface area contributed by atoms with Crippen LogP contribution in [0, 0.1) is 10.1 Å². The molecular weight excluding hydrogens is 276 g/mol. The van der Waals surface area contributed by atoms with Crippen LogP contribution in [0.3, 0.4) is 0 Å². The van der Waals surface area contributed by atoms with Gasteiger partial charge in [-0.05, 0) is 29.7 Å². The van der Waals surface area contributed by atoms with Crippen molar-refractivity contribution in [1.82, 2.24) is 0 Å². The molecule has 0 radical (unpaired) electrons. The quantitative estimate of drug-likeness (QED) is 0.655. The first-order valence-electron chi connectivity index (χ1n) is 6.36. The van der Waals surface area contributed by atoms with E-state index in [-0.39, 0.29) is 5.69 Å². The van der Waals surface area contributed by atoms with Gasteiger partial charge in [-0.25, -0.2) is 0 Å². The number of rotatable bonds is 5. The predicted octanol–water partition coefficient (Wildman–Crippen LogP) is 4.42. The van der Waals surface area contributed by atoms with E-state index in [0.29, 0.717) is 17.1 Å². The molecule has 0 aliphatic rings. The van der Waals surface area contributed by atoms with Crippen LogP contribution in [0.1, 0.15) is 18.1 Å². The molecule has 0 aliphatic carbocycles. The highest BCUT2D eigenvalue weighted by Gasteiger charge is 2.10. The topological polar surface area (TPSA) is 55.2 Å². The van der Waals surface area contributed by atoms with Gasteiger partial charge in [-0.1, -0.05) is 36.7 Å². The van der Waals surface area contributed by atoms with Crippen molar-refractivity contribution in [3.63, 3.8) is 0 Å². The van der Waals surface area contributed by atoms with Crippen molar-refractivity contribution in [3.05, 3.63) is 68.7 Å². The van der Waals surface area contributed by atoms with Crippen molar-refractivity contribution in [2.24, 2.45) is 0 Å². The first-order chi connectivity index (χ1) is 9.61. The highest BCUT2D eigenvalue weighted by Crippen LogP contribution is 2.24. The molecule has 0 bridgehead atoms. The normalized spacial score (nSPS) is 10.3. The zero-order chi connectivity index (χ0) is 14.5. The molecule has 0 aliphatic heterocycles. The van der Waals surface area contributed by atoms with E-state index in [0.717, 1.165) is 12.1 Å². The van der Waals surface area contributed by atoms with Crippen molar-refractivity contribution in [2.75, 3.05) is 5.32 Å². The summed E-state index contributed by atoms with van der Waals surface area (Å²) in [6, 6.07) is 12.5. The first-order valence-corrected chi connectivity index (χ1v) is 6.74. The Balaban J connectivity index is 2.18. The lowest BCUT2D eigenvalue weighted by Crippen LogP contribution is -2.03. The molecule has 0 aromatic heterocycles. The SMILES string of the molecule is CCc1ccccc1NCc1cc([N+](=O)[O-])ccc1Cl. The maximum Gasteiger partial charge on any atom is 0.269 e. The van der Waals surface area contributed by atoms with Gasteiger partial charge in [0.15, 0.2) is 0 Å². The second-order valence-electron chi connectivity index (χ2n) is 4.40. The van der Waals surface area contributed by atoms with Crippen molar-refractivity contribution in [1.29, 1.82) is 0 Å². The average Bonchev–Trinajstić information content (AvgIpc) is 2.46. The molecule has 0 amide bonds. The molecule has 2 aromatic carbocycles. The minimum Gasteiger partial charge on any atom is -0.381 e. The number of aryl methyl sites for hydroxylation is 1. The number of nitrogens with zero attached hydrogens (tertiary/aromatic N) is 1. The summed E-state index contributed by atoms with van der Waals surface area (Å²) in [6.07, 6.45) is 0.922. The Kier molecular flexibility index (Phi) is 4.58. The van der Waals surface area contributed by atoms with Gasteiger partial charge in [0.1, 0.15) is 0 Å². The molecule has 104 valence electrons. The summed E-state index contributed by atoms with van der Waals surface area (Å²) in [7, 11) is 0. The fraction of sp³-hybridized carbons (Fsp3) is 0.200. The summed E-state index contributed by atoms with van der Waals surface area (Å²) in [4.78, 5) is 10.4. The van der Waals surface area contributed by atoms with Crippen molar-refractivity contribution >= 4 is 23.0 Å². The van der Waals surface area contributed by atoms with Crippen molar-refractivity contribution in [2.45, 2.75) is 19.9 Å². The molecule has 5 heteroatoms. The van der Waals surface area contributed by atoms with Crippen LogP contribution < -0.4 is 5.32 Å². The van der Waals surface area contributed by atoms with Crippen LogP contribution in [0.15, 0.2) is 42.5 Å². The molecule has 2 rings (SSSR count). The first kappa shape index (κ1) is 14.3. The number of hydrogen-bond donors (Lipinski definition) is 1. The summed E-state index contributed by atoms with van der Waals surface area (Å²) in [5.41, 5.74) is 2.99. The van der Waals surface area contributed by atoms with Gasteiger partial charge in [-0.3, -0.25) is 10.1 Å². The third-order valence-corrected chi connectivity index (χ3v) is 3.48. The maximum absolute atomic E-state index is 10.8. The molecular formula is C15H15ClN2O2. The Morgan fingerprint density at radius 2 is 1.95 bits per heavy atom. The Hall–Kier alpha value is -2.07. The number of nitro benzene ring substituents is 1. The maximum atomic E-state index is 10.8. The summed E-state index contributed by atoms with van der Waals surface area (Å²) in [6.45, 7) is 2.54. The third kappa shape index (κ3) is 3.27. The van der Waals surface area contributed by atoms with Gasteiger partial charge in [0.2, 0.25) is 0 Å². The van der Waals surface area contributed by atoms with Crippen LogP contribution in [0.2, 0.25) is 5.02 Å². The molecule has 0 saturated carbocycles. The Morgan fingerprint density at radius 1 is 1.20 bits per heavy atom. The molecule has 1 N–H and O–H groups in total. The number of nitrogens with one attached hydrogen (secondary N) is 1. The average molecular weight is 291 g/mol. The summed E-state index contributed by atoms with van der Waals surface area (Å²) < 4.78 is 0. The van der Waals surface area contributed by atoms with Crippen LogP contribution in [0.4, 0.5) is 11.4 Å².